The van der Waals surface area contributed by atoms with Crippen molar-refractivity contribution in [3.05, 3.63) is 69.6 Å². The van der Waals surface area contributed by atoms with Crippen molar-refractivity contribution in [3.8, 4) is 10.6 Å². The summed E-state index contributed by atoms with van der Waals surface area (Å²) in [6.45, 7) is 2.01. The van der Waals surface area contributed by atoms with E-state index in [2.05, 4.69) is 26.2 Å². The Hall–Kier alpha value is -1.98. The van der Waals surface area contributed by atoms with Gasteiger partial charge < -0.3 is 5.32 Å². The van der Waals surface area contributed by atoms with Gasteiger partial charge in [0.25, 0.3) is 5.91 Å². The molecule has 3 aromatic rings. The van der Waals surface area contributed by atoms with Crippen LogP contribution < -0.4 is 5.32 Å². The minimum atomic E-state index is -0.149. The zero-order chi connectivity index (χ0) is 15.5. The molecule has 22 heavy (non-hydrogen) atoms. The molecule has 0 radical (unpaired) electrons. The van der Waals surface area contributed by atoms with Gasteiger partial charge in [-0.3, -0.25) is 4.79 Å². The third-order valence-corrected chi connectivity index (χ3v) is 4.82. The quantitative estimate of drug-likeness (QED) is 0.691. The minimum absolute atomic E-state index is 0.149. The largest absolute Gasteiger partial charge is 0.320 e. The topological polar surface area (TPSA) is 42.0 Å². The van der Waals surface area contributed by atoms with E-state index in [1.165, 1.54) is 11.3 Å². The summed E-state index contributed by atoms with van der Waals surface area (Å²) in [4.78, 5) is 17.3. The van der Waals surface area contributed by atoms with E-state index in [9.17, 15) is 4.79 Å². The number of nitrogens with one attached hydrogen (secondary N) is 1. The van der Waals surface area contributed by atoms with E-state index in [4.69, 9.17) is 0 Å². The van der Waals surface area contributed by atoms with Crippen LogP contribution in [0.2, 0.25) is 0 Å². The van der Waals surface area contributed by atoms with Gasteiger partial charge in [0.05, 0.1) is 11.9 Å². The number of amides is 1. The lowest BCUT2D eigenvalue weighted by molar-refractivity contribution is 0.103. The fourth-order valence-electron chi connectivity index (χ4n) is 2.00. The molecule has 0 fully saturated rings. The molecule has 0 atom stereocenters. The molecule has 3 nitrogen and oxygen atoms in total. The van der Waals surface area contributed by atoms with Crippen LogP contribution in [0.25, 0.3) is 10.6 Å². The highest BCUT2D eigenvalue weighted by molar-refractivity contribution is 9.10. The zero-order valence-electron chi connectivity index (χ0n) is 11.8. The molecule has 3 rings (SSSR count). The van der Waals surface area contributed by atoms with Gasteiger partial charge in [0.1, 0.15) is 9.88 Å². The first kappa shape index (κ1) is 14.9. The standard InChI is InChI=1S/C17H13BrN2OS/c1-11-7-8-14(13(18)9-11)20-16(21)15-10-19-17(22-15)12-5-3-2-4-6-12/h2-10H,1H3,(H,20,21). The predicted molar refractivity (Wildman–Crippen MR) is 94.4 cm³/mol. The molecule has 2 aromatic carbocycles. The number of aryl methyl sites for hydroxylation is 1. The highest BCUT2D eigenvalue weighted by atomic mass is 79.9. The molecule has 0 aliphatic carbocycles. The minimum Gasteiger partial charge on any atom is -0.320 e. The monoisotopic (exact) mass is 372 g/mol. The Kier molecular flexibility index (Phi) is 4.36. The summed E-state index contributed by atoms with van der Waals surface area (Å²) in [5.41, 5.74) is 2.90. The van der Waals surface area contributed by atoms with Gasteiger partial charge in [0.15, 0.2) is 0 Å². The Labute approximate surface area is 141 Å². The molecule has 0 saturated carbocycles. The van der Waals surface area contributed by atoms with Crippen LogP contribution in [0.3, 0.4) is 0 Å². The van der Waals surface area contributed by atoms with E-state index in [1.54, 1.807) is 6.20 Å². The van der Waals surface area contributed by atoms with Crippen molar-refractivity contribution in [2.75, 3.05) is 5.32 Å². The number of nitrogens with zero attached hydrogens (tertiary/aromatic N) is 1. The number of halogens is 1. The number of aromatic nitrogens is 1. The zero-order valence-corrected chi connectivity index (χ0v) is 14.2. The number of hydrogen-bond acceptors (Lipinski definition) is 3. The molecule has 110 valence electrons. The maximum Gasteiger partial charge on any atom is 0.267 e. The molecular weight excluding hydrogens is 360 g/mol. The summed E-state index contributed by atoms with van der Waals surface area (Å²) in [6.07, 6.45) is 1.62. The second-order valence-corrected chi connectivity index (χ2v) is 6.72. The Morgan fingerprint density at radius 1 is 1.18 bits per heavy atom. The second kappa shape index (κ2) is 6.42. The summed E-state index contributed by atoms with van der Waals surface area (Å²) in [5.74, 6) is -0.149. The molecule has 1 aromatic heterocycles. The predicted octanol–water partition coefficient (Wildman–Crippen LogP) is 5.13. The molecule has 1 amide bonds. The molecule has 0 spiro atoms. The molecule has 5 heteroatoms. The van der Waals surface area contributed by atoms with Crippen molar-refractivity contribution in [1.82, 2.24) is 4.98 Å². The third kappa shape index (κ3) is 3.26. The van der Waals surface area contributed by atoms with Crippen molar-refractivity contribution < 1.29 is 4.79 Å². The van der Waals surface area contributed by atoms with Crippen LogP contribution in [0.4, 0.5) is 5.69 Å². The number of carbonyl (C=O) groups is 1. The number of carbonyl (C=O) groups excluding carboxylic acids is 1. The van der Waals surface area contributed by atoms with Crippen LogP contribution in [0, 0.1) is 6.92 Å². The van der Waals surface area contributed by atoms with Crippen LogP contribution in [0.5, 0.6) is 0 Å². The first-order valence-corrected chi connectivity index (χ1v) is 8.33. The molecule has 0 unspecified atom stereocenters. The van der Waals surface area contributed by atoms with E-state index < -0.39 is 0 Å². The van der Waals surface area contributed by atoms with Crippen molar-refractivity contribution in [3.63, 3.8) is 0 Å². The van der Waals surface area contributed by atoms with Gasteiger partial charge in [-0.1, -0.05) is 36.4 Å². The lowest BCUT2D eigenvalue weighted by atomic mass is 10.2. The molecule has 1 N–H and O–H groups in total. The van der Waals surface area contributed by atoms with Gasteiger partial charge in [0.2, 0.25) is 0 Å². The maximum atomic E-state index is 12.3. The van der Waals surface area contributed by atoms with Gasteiger partial charge in [-0.2, -0.15) is 0 Å². The summed E-state index contributed by atoms with van der Waals surface area (Å²) in [5, 5.41) is 3.74. The fourth-order valence-corrected chi connectivity index (χ4v) is 3.41. The summed E-state index contributed by atoms with van der Waals surface area (Å²) in [6, 6.07) is 15.7. The van der Waals surface area contributed by atoms with Crippen LogP contribution >= 0.6 is 27.3 Å². The van der Waals surface area contributed by atoms with Gasteiger partial charge in [0, 0.05) is 10.0 Å². The molecule has 0 saturated heterocycles. The van der Waals surface area contributed by atoms with Crippen LogP contribution in [0.1, 0.15) is 15.2 Å². The van der Waals surface area contributed by atoms with Gasteiger partial charge >= 0.3 is 0 Å². The van der Waals surface area contributed by atoms with E-state index in [1.807, 2.05) is 55.5 Å². The highest BCUT2D eigenvalue weighted by Crippen LogP contribution is 2.27. The summed E-state index contributed by atoms with van der Waals surface area (Å²) in [7, 11) is 0. The van der Waals surface area contributed by atoms with Gasteiger partial charge in [-0.05, 0) is 40.5 Å². The fraction of sp³-hybridized carbons (Fsp3) is 0.0588. The lowest BCUT2D eigenvalue weighted by Crippen LogP contribution is -2.10. The molecule has 0 aliphatic heterocycles. The van der Waals surface area contributed by atoms with E-state index >= 15 is 0 Å². The average Bonchev–Trinajstić information content (AvgIpc) is 3.01. The normalized spacial score (nSPS) is 10.5. The summed E-state index contributed by atoms with van der Waals surface area (Å²) < 4.78 is 0.869. The Morgan fingerprint density at radius 2 is 1.95 bits per heavy atom. The van der Waals surface area contributed by atoms with Crippen LogP contribution in [0.15, 0.2) is 59.2 Å². The molecule has 1 heterocycles. The Morgan fingerprint density at radius 3 is 2.68 bits per heavy atom. The first-order chi connectivity index (χ1) is 10.6. The van der Waals surface area contributed by atoms with E-state index in [0.29, 0.717) is 4.88 Å². The van der Waals surface area contributed by atoms with E-state index in [-0.39, 0.29) is 5.91 Å². The van der Waals surface area contributed by atoms with Crippen molar-refractivity contribution in [2.24, 2.45) is 0 Å². The van der Waals surface area contributed by atoms with Gasteiger partial charge in [-0.15, -0.1) is 11.3 Å². The van der Waals surface area contributed by atoms with Crippen LogP contribution in [-0.4, -0.2) is 10.9 Å². The van der Waals surface area contributed by atoms with Crippen LogP contribution in [-0.2, 0) is 0 Å². The molecule has 0 bridgehead atoms. The Balaban J connectivity index is 1.80. The van der Waals surface area contributed by atoms with E-state index in [0.717, 1.165) is 26.3 Å². The van der Waals surface area contributed by atoms with Crippen molar-refractivity contribution in [2.45, 2.75) is 6.92 Å². The number of rotatable bonds is 3. The number of hydrogen-bond donors (Lipinski definition) is 1. The third-order valence-electron chi connectivity index (χ3n) is 3.12. The van der Waals surface area contributed by atoms with Gasteiger partial charge in [-0.25, -0.2) is 4.98 Å². The lowest BCUT2D eigenvalue weighted by Gasteiger charge is -2.06. The SMILES string of the molecule is Cc1ccc(NC(=O)c2cnc(-c3ccccc3)s2)c(Br)c1. The molecule has 0 aliphatic rings. The van der Waals surface area contributed by atoms with Crippen molar-refractivity contribution >= 4 is 38.9 Å². The van der Waals surface area contributed by atoms with Crippen molar-refractivity contribution in [1.29, 1.82) is 0 Å². The number of benzene rings is 2. The average molecular weight is 373 g/mol. The maximum absolute atomic E-state index is 12.3. The number of anilines is 1. The molecular formula is C17H13BrN2OS. The number of thiazole rings is 1. The first-order valence-electron chi connectivity index (χ1n) is 6.72. The summed E-state index contributed by atoms with van der Waals surface area (Å²) >= 11 is 4.85. The smallest absolute Gasteiger partial charge is 0.267 e. The second-order valence-electron chi connectivity index (χ2n) is 4.83. The Bertz CT molecular complexity index is 815. The highest BCUT2D eigenvalue weighted by Gasteiger charge is 2.13.